The Kier molecular flexibility index (Phi) is 4.32. The molecule has 0 aliphatic heterocycles. The van der Waals surface area contributed by atoms with E-state index in [0.717, 1.165) is 5.75 Å². The van der Waals surface area contributed by atoms with Crippen molar-refractivity contribution in [2.24, 2.45) is 5.84 Å². The number of benzene rings is 1. The molecule has 18 heavy (non-hydrogen) atoms. The number of nitrogen functional groups attached to an aromatic ring is 1. The zero-order valence-electron chi connectivity index (χ0n) is 9.84. The molecule has 1 aromatic heterocycles. The van der Waals surface area contributed by atoms with Gasteiger partial charge in [-0.15, -0.1) is 0 Å². The van der Waals surface area contributed by atoms with Crippen molar-refractivity contribution < 1.29 is 4.74 Å². The lowest BCUT2D eigenvalue weighted by atomic mass is 10.3. The standard InChI is InChI=1S/C12H15N5O/c13-17-12-9-14-8-11(16-12)15-6-7-18-10-4-2-1-3-5-10/h1-5,8-9H,6-7,13H2,(H2,15,16,17). The molecule has 0 bridgehead atoms. The van der Waals surface area contributed by atoms with Gasteiger partial charge in [0.25, 0.3) is 0 Å². The summed E-state index contributed by atoms with van der Waals surface area (Å²) in [7, 11) is 0. The Morgan fingerprint density at radius 3 is 2.67 bits per heavy atom. The Labute approximate surface area is 105 Å². The van der Waals surface area contributed by atoms with Crippen LogP contribution in [0.25, 0.3) is 0 Å². The van der Waals surface area contributed by atoms with Crippen LogP contribution in [0.2, 0.25) is 0 Å². The monoisotopic (exact) mass is 245 g/mol. The highest BCUT2D eigenvalue weighted by molar-refractivity contribution is 5.40. The number of nitrogens with zero attached hydrogens (tertiary/aromatic N) is 2. The van der Waals surface area contributed by atoms with Gasteiger partial charge >= 0.3 is 0 Å². The normalized spacial score (nSPS) is 9.83. The van der Waals surface area contributed by atoms with E-state index >= 15 is 0 Å². The first-order chi connectivity index (χ1) is 8.88. The Bertz CT molecular complexity index is 477. The van der Waals surface area contributed by atoms with Crippen LogP contribution in [0.5, 0.6) is 5.75 Å². The Morgan fingerprint density at radius 1 is 1.11 bits per heavy atom. The SMILES string of the molecule is NNc1cncc(NCCOc2ccccc2)n1. The van der Waals surface area contributed by atoms with E-state index < -0.39 is 0 Å². The van der Waals surface area contributed by atoms with Crippen molar-refractivity contribution in [2.75, 3.05) is 23.9 Å². The maximum absolute atomic E-state index is 5.53. The van der Waals surface area contributed by atoms with Crippen LogP contribution < -0.4 is 21.3 Å². The van der Waals surface area contributed by atoms with E-state index in [1.54, 1.807) is 12.4 Å². The second-order valence-electron chi connectivity index (χ2n) is 3.52. The summed E-state index contributed by atoms with van der Waals surface area (Å²) in [6.07, 6.45) is 3.18. The number of hydrogen-bond donors (Lipinski definition) is 3. The minimum absolute atomic E-state index is 0.518. The fourth-order valence-electron chi connectivity index (χ4n) is 1.39. The summed E-state index contributed by atoms with van der Waals surface area (Å²) < 4.78 is 5.53. The molecule has 1 aromatic carbocycles. The molecular formula is C12H15N5O. The van der Waals surface area contributed by atoms with Gasteiger partial charge in [0.1, 0.15) is 18.2 Å². The topological polar surface area (TPSA) is 85.1 Å². The van der Waals surface area contributed by atoms with Crippen molar-refractivity contribution in [1.82, 2.24) is 9.97 Å². The van der Waals surface area contributed by atoms with Crippen LogP contribution in [0.4, 0.5) is 11.6 Å². The predicted molar refractivity (Wildman–Crippen MR) is 70.3 cm³/mol. The number of rotatable bonds is 6. The summed E-state index contributed by atoms with van der Waals surface area (Å²) in [5.41, 5.74) is 2.44. The van der Waals surface area contributed by atoms with Crippen LogP contribution >= 0.6 is 0 Å². The molecule has 0 radical (unpaired) electrons. The molecule has 0 aliphatic carbocycles. The number of para-hydroxylation sites is 1. The van der Waals surface area contributed by atoms with Gasteiger partial charge in [-0.2, -0.15) is 0 Å². The Balaban J connectivity index is 1.75. The molecule has 0 amide bonds. The summed E-state index contributed by atoms with van der Waals surface area (Å²) in [6.45, 7) is 1.18. The molecule has 0 spiro atoms. The predicted octanol–water partition coefficient (Wildman–Crippen LogP) is 1.25. The van der Waals surface area contributed by atoms with Crippen molar-refractivity contribution in [3.63, 3.8) is 0 Å². The third-order valence-electron chi connectivity index (χ3n) is 2.20. The summed E-state index contributed by atoms with van der Waals surface area (Å²) in [4.78, 5) is 8.15. The van der Waals surface area contributed by atoms with Crippen LogP contribution in [-0.2, 0) is 0 Å². The van der Waals surface area contributed by atoms with Gasteiger partial charge in [0.15, 0.2) is 5.82 Å². The van der Waals surface area contributed by atoms with E-state index in [1.165, 1.54) is 0 Å². The molecule has 0 aliphatic rings. The van der Waals surface area contributed by atoms with Crippen LogP contribution in [0, 0.1) is 0 Å². The van der Waals surface area contributed by atoms with Crippen LogP contribution in [0.1, 0.15) is 0 Å². The first kappa shape index (κ1) is 12.1. The lowest BCUT2D eigenvalue weighted by Crippen LogP contribution is -2.14. The molecule has 0 saturated heterocycles. The van der Waals surface area contributed by atoms with Crippen LogP contribution in [0.15, 0.2) is 42.7 Å². The van der Waals surface area contributed by atoms with Crippen molar-refractivity contribution in [3.8, 4) is 5.75 Å². The molecule has 2 aromatic rings. The molecule has 4 N–H and O–H groups in total. The average Bonchev–Trinajstić information content (AvgIpc) is 2.45. The number of nitrogens with two attached hydrogens (primary N) is 1. The summed E-state index contributed by atoms with van der Waals surface area (Å²) in [5.74, 6) is 7.27. The zero-order chi connectivity index (χ0) is 12.6. The largest absolute Gasteiger partial charge is 0.492 e. The highest BCUT2D eigenvalue weighted by Crippen LogP contribution is 2.08. The van der Waals surface area contributed by atoms with Crippen molar-refractivity contribution in [3.05, 3.63) is 42.7 Å². The molecule has 2 rings (SSSR count). The quantitative estimate of drug-likeness (QED) is 0.403. The molecule has 0 atom stereocenters. The van der Waals surface area contributed by atoms with Gasteiger partial charge in [-0.3, -0.25) is 4.98 Å². The van der Waals surface area contributed by atoms with Crippen LogP contribution in [-0.4, -0.2) is 23.1 Å². The molecule has 0 unspecified atom stereocenters. The highest BCUT2D eigenvalue weighted by Gasteiger charge is 1.97. The highest BCUT2D eigenvalue weighted by atomic mass is 16.5. The Hall–Kier alpha value is -2.34. The van der Waals surface area contributed by atoms with Gasteiger partial charge < -0.3 is 15.5 Å². The first-order valence-corrected chi connectivity index (χ1v) is 5.59. The molecule has 0 saturated carbocycles. The minimum atomic E-state index is 0.518. The third kappa shape index (κ3) is 3.60. The zero-order valence-corrected chi connectivity index (χ0v) is 9.84. The number of hydrazine groups is 1. The lowest BCUT2D eigenvalue weighted by Gasteiger charge is -2.08. The first-order valence-electron chi connectivity index (χ1n) is 5.59. The van der Waals surface area contributed by atoms with E-state index in [9.17, 15) is 0 Å². The second-order valence-corrected chi connectivity index (χ2v) is 3.52. The fraction of sp³-hybridized carbons (Fsp3) is 0.167. The maximum atomic E-state index is 5.53. The minimum Gasteiger partial charge on any atom is -0.492 e. The number of hydrogen-bond acceptors (Lipinski definition) is 6. The molecule has 6 nitrogen and oxygen atoms in total. The summed E-state index contributed by atoms with van der Waals surface area (Å²) >= 11 is 0. The smallest absolute Gasteiger partial charge is 0.160 e. The number of nitrogens with one attached hydrogen (secondary N) is 2. The fourth-order valence-corrected chi connectivity index (χ4v) is 1.39. The van der Waals surface area contributed by atoms with E-state index in [4.69, 9.17) is 10.6 Å². The van der Waals surface area contributed by atoms with E-state index in [1.807, 2.05) is 30.3 Å². The van der Waals surface area contributed by atoms with Crippen molar-refractivity contribution in [2.45, 2.75) is 0 Å². The maximum Gasteiger partial charge on any atom is 0.160 e. The van der Waals surface area contributed by atoms with Gasteiger partial charge in [0.2, 0.25) is 0 Å². The second kappa shape index (κ2) is 6.41. The van der Waals surface area contributed by atoms with Gasteiger partial charge in [0, 0.05) is 0 Å². The number of ether oxygens (including phenoxy) is 1. The molecule has 94 valence electrons. The number of anilines is 2. The molecule has 1 heterocycles. The van der Waals surface area contributed by atoms with Gasteiger partial charge in [0.05, 0.1) is 18.9 Å². The van der Waals surface area contributed by atoms with E-state index in [-0.39, 0.29) is 0 Å². The number of aromatic nitrogens is 2. The van der Waals surface area contributed by atoms with E-state index in [0.29, 0.717) is 24.8 Å². The molecule has 0 fully saturated rings. The Morgan fingerprint density at radius 2 is 1.89 bits per heavy atom. The summed E-state index contributed by atoms with van der Waals surface area (Å²) in [6, 6.07) is 9.65. The molecule has 6 heteroatoms. The van der Waals surface area contributed by atoms with Crippen molar-refractivity contribution in [1.29, 1.82) is 0 Å². The van der Waals surface area contributed by atoms with Gasteiger partial charge in [-0.25, -0.2) is 10.8 Å². The van der Waals surface area contributed by atoms with Crippen molar-refractivity contribution >= 4 is 11.6 Å². The molecular weight excluding hydrogens is 230 g/mol. The summed E-state index contributed by atoms with van der Waals surface area (Å²) in [5, 5.41) is 3.10. The lowest BCUT2D eigenvalue weighted by molar-refractivity contribution is 0.333. The third-order valence-corrected chi connectivity index (χ3v) is 2.20. The van der Waals surface area contributed by atoms with E-state index in [2.05, 4.69) is 20.7 Å². The average molecular weight is 245 g/mol. The van der Waals surface area contributed by atoms with Gasteiger partial charge in [-0.1, -0.05) is 18.2 Å². The van der Waals surface area contributed by atoms with Gasteiger partial charge in [-0.05, 0) is 12.1 Å². The van der Waals surface area contributed by atoms with Crippen LogP contribution in [0.3, 0.4) is 0 Å².